The Bertz CT molecular complexity index is 7.51. The Morgan fingerprint density at radius 3 is 0.800 bits per heavy atom. The van der Waals surface area contributed by atoms with Crippen molar-refractivity contribution in [3.8, 4) is 0 Å². The van der Waals surface area contributed by atoms with Crippen LogP contribution >= 0.6 is 0 Å². The van der Waals surface area contributed by atoms with Crippen LogP contribution in [0.1, 0.15) is 54.4 Å². The van der Waals surface area contributed by atoms with Gasteiger partial charge in [0.05, 0.1) is 0 Å². The lowest BCUT2D eigenvalue weighted by atomic mass is 10.4. The molecule has 0 unspecified atom stereocenters. The lowest BCUT2D eigenvalue weighted by molar-refractivity contribution is 0.886. The van der Waals surface area contributed by atoms with E-state index in [1.807, 2.05) is 27.7 Å². The van der Waals surface area contributed by atoms with E-state index < -0.39 is 0 Å². The predicted molar refractivity (Wildman–Crippen MR) is 54.5 cm³/mol. The van der Waals surface area contributed by atoms with Crippen molar-refractivity contribution in [3.63, 3.8) is 0 Å². The van der Waals surface area contributed by atoms with E-state index in [2.05, 4.69) is 27.0 Å². The van der Waals surface area contributed by atoms with Crippen molar-refractivity contribution in [2.45, 2.75) is 54.4 Å². The largest absolute Gasteiger partial charge is 0.106 e. The summed E-state index contributed by atoms with van der Waals surface area (Å²) >= 11 is 0. The van der Waals surface area contributed by atoms with Crippen molar-refractivity contribution in [2.24, 2.45) is 0 Å². The Kier molecular flexibility index (Phi) is 391. The molecule has 0 aromatic carbocycles. The van der Waals surface area contributed by atoms with Gasteiger partial charge < -0.3 is 0 Å². The third-order valence-corrected chi connectivity index (χ3v) is 0.500. The van der Waals surface area contributed by atoms with Gasteiger partial charge in [0, 0.05) is 0 Å². The first-order chi connectivity index (χ1) is 4.91. The van der Waals surface area contributed by atoms with Gasteiger partial charge in [-0.05, 0) is 0 Å². The highest BCUT2D eigenvalue weighted by atomic mass is 13.6. The van der Waals surface area contributed by atoms with Gasteiger partial charge in [-0.25, -0.2) is 0 Å². The number of rotatable bonds is 1. The number of unbranched alkanes of at least 4 members (excludes halogenated alkanes) is 1. The molecule has 0 rings (SSSR count). The molecule has 0 heterocycles. The van der Waals surface area contributed by atoms with Gasteiger partial charge in [-0.2, -0.15) is 0 Å². The summed E-state index contributed by atoms with van der Waals surface area (Å²) in [6, 6.07) is 0. The minimum absolute atomic E-state index is 1.32. The normalized spacial score (nSPS) is 4.60. The molecule has 0 N–H and O–H groups in total. The third kappa shape index (κ3) is 642. The quantitative estimate of drug-likeness (QED) is 0.472. The van der Waals surface area contributed by atoms with Crippen molar-refractivity contribution in [2.75, 3.05) is 0 Å². The van der Waals surface area contributed by atoms with Crippen molar-refractivity contribution in [3.05, 3.63) is 13.2 Å². The fourth-order valence-corrected chi connectivity index (χ4v) is 0. The summed E-state index contributed by atoms with van der Waals surface area (Å²) in [6.07, 6.45) is 2.64. The van der Waals surface area contributed by atoms with E-state index >= 15 is 0 Å². The molecule has 0 aromatic heterocycles. The van der Waals surface area contributed by atoms with E-state index in [9.17, 15) is 0 Å². The molecule has 0 saturated heterocycles. The second-order valence-corrected chi connectivity index (χ2v) is 1.000. The van der Waals surface area contributed by atoms with Gasteiger partial charge in [0.1, 0.15) is 0 Å². The molecule has 0 saturated carbocycles. The fourth-order valence-electron chi connectivity index (χ4n) is 0. The molecule has 0 aliphatic rings. The summed E-state index contributed by atoms with van der Waals surface area (Å²) in [5, 5.41) is 0. The molecule has 0 aliphatic carbocycles. The minimum Gasteiger partial charge on any atom is -0.106 e. The summed E-state index contributed by atoms with van der Waals surface area (Å²) in [5.41, 5.74) is 0. The van der Waals surface area contributed by atoms with Crippen LogP contribution in [0.5, 0.6) is 0 Å². The first-order valence-corrected chi connectivity index (χ1v) is 4.41. The molecule has 0 nitrogen and oxygen atoms in total. The van der Waals surface area contributed by atoms with Crippen LogP contribution in [-0.2, 0) is 0 Å². The fraction of sp³-hybridized carbons (Fsp3) is 0.800. The Hall–Kier alpha value is -0.260. The molecule has 10 heavy (non-hydrogen) atoms. The summed E-state index contributed by atoms with van der Waals surface area (Å²) in [5.74, 6) is 0. The van der Waals surface area contributed by atoms with Gasteiger partial charge in [0.2, 0.25) is 0 Å². The van der Waals surface area contributed by atoms with Gasteiger partial charge in [-0.1, -0.05) is 54.4 Å². The number of hydrogen-bond acceptors (Lipinski definition) is 0. The van der Waals surface area contributed by atoms with Crippen LogP contribution in [0.3, 0.4) is 0 Å². The summed E-state index contributed by atoms with van der Waals surface area (Å²) < 4.78 is 0. The molecule has 66 valence electrons. The summed E-state index contributed by atoms with van der Waals surface area (Å²) in [6.45, 7) is 18.4. The predicted octanol–water partition coefficient (Wildman–Crippen LogP) is 4.66. The van der Waals surface area contributed by atoms with Crippen molar-refractivity contribution in [1.29, 1.82) is 0 Å². The van der Waals surface area contributed by atoms with Crippen LogP contribution in [0.2, 0.25) is 0 Å². The van der Waals surface area contributed by atoms with E-state index in [1.54, 1.807) is 0 Å². The second-order valence-electron chi connectivity index (χ2n) is 1.000. The van der Waals surface area contributed by atoms with Gasteiger partial charge in [-0.3, -0.25) is 0 Å². The Labute approximate surface area is 68.4 Å². The van der Waals surface area contributed by atoms with E-state index in [0.29, 0.717) is 0 Å². The van der Waals surface area contributed by atoms with Crippen LogP contribution in [0.15, 0.2) is 13.2 Å². The van der Waals surface area contributed by atoms with Gasteiger partial charge in [0.25, 0.3) is 0 Å². The molecule has 0 amide bonds. The van der Waals surface area contributed by atoms with Crippen LogP contribution in [0.25, 0.3) is 0 Å². The van der Waals surface area contributed by atoms with Crippen LogP contribution in [-0.4, -0.2) is 0 Å². The summed E-state index contributed by atoms with van der Waals surface area (Å²) in [4.78, 5) is 0. The monoisotopic (exact) mass is 146 g/mol. The summed E-state index contributed by atoms with van der Waals surface area (Å²) in [7, 11) is 0. The SMILES string of the molecule is C=C.CC.CC.CCCC. The maximum Gasteiger partial charge on any atom is -0.0564 e. The highest BCUT2D eigenvalue weighted by molar-refractivity contribution is 4.22. The van der Waals surface area contributed by atoms with Crippen LogP contribution in [0, 0.1) is 0 Å². The van der Waals surface area contributed by atoms with Crippen molar-refractivity contribution < 1.29 is 0 Å². The van der Waals surface area contributed by atoms with Gasteiger partial charge >= 0.3 is 0 Å². The lowest BCUT2D eigenvalue weighted by Crippen LogP contribution is -1.47. The molecular formula is C10H26. The highest BCUT2D eigenvalue weighted by Gasteiger charge is 1.56. The highest BCUT2D eigenvalue weighted by Crippen LogP contribution is 1.76. The molecular weight excluding hydrogens is 120 g/mol. The molecule has 0 spiro atoms. The van der Waals surface area contributed by atoms with Crippen molar-refractivity contribution >= 4 is 0 Å². The average molecular weight is 146 g/mol. The van der Waals surface area contributed by atoms with E-state index in [4.69, 9.17) is 0 Å². The molecule has 0 atom stereocenters. The zero-order valence-corrected chi connectivity index (χ0v) is 8.83. The molecule has 0 aromatic rings. The molecule has 0 heteroatoms. The first-order valence-electron chi connectivity index (χ1n) is 4.41. The Morgan fingerprint density at radius 1 is 0.700 bits per heavy atom. The zero-order chi connectivity index (χ0) is 9.41. The van der Waals surface area contributed by atoms with E-state index in [0.717, 1.165) is 0 Å². The van der Waals surface area contributed by atoms with Gasteiger partial charge in [0.15, 0.2) is 0 Å². The molecule has 0 bridgehead atoms. The van der Waals surface area contributed by atoms with Crippen LogP contribution < -0.4 is 0 Å². The first kappa shape index (κ1) is 22.6. The third-order valence-electron chi connectivity index (χ3n) is 0.500. The Balaban J connectivity index is -0.0000000262. The van der Waals surface area contributed by atoms with Crippen LogP contribution in [0.4, 0.5) is 0 Å². The van der Waals surface area contributed by atoms with E-state index in [1.165, 1.54) is 12.8 Å². The average Bonchev–Trinajstić information content (AvgIpc) is 2.14. The maximum atomic E-state index is 3.00. The topological polar surface area (TPSA) is 0 Å². The Morgan fingerprint density at radius 2 is 0.800 bits per heavy atom. The van der Waals surface area contributed by atoms with Crippen molar-refractivity contribution in [1.82, 2.24) is 0 Å². The second kappa shape index (κ2) is 173. The standard InChI is InChI=1S/C4H10.2C2H6.C2H4/c1-3-4-2;3*1-2/h3-4H2,1-2H3;2*1-2H3;1-2H2. The minimum atomic E-state index is 1.32. The number of hydrogen-bond donors (Lipinski definition) is 0. The van der Waals surface area contributed by atoms with E-state index in [-0.39, 0.29) is 0 Å². The van der Waals surface area contributed by atoms with Gasteiger partial charge in [-0.15, -0.1) is 13.2 Å². The smallest absolute Gasteiger partial charge is 0.0564 e. The lowest BCUT2D eigenvalue weighted by Gasteiger charge is -1.68. The maximum absolute atomic E-state index is 3.00. The molecule has 0 fully saturated rings. The zero-order valence-electron chi connectivity index (χ0n) is 8.83. The molecule has 0 radical (unpaired) electrons. The molecule has 0 aliphatic heterocycles.